The zero-order chi connectivity index (χ0) is 22.1. The van der Waals surface area contributed by atoms with Crippen molar-refractivity contribution in [2.24, 2.45) is 7.05 Å². The fourth-order valence-electron chi connectivity index (χ4n) is 4.09. The van der Waals surface area contributed by atoms with Crippen molar-refractivity contribution in [3.8, 4) is 0 Å². The summed E-state index contributed by atoms with van der Waals surface area (Å²) in [5, 5.41) is 5.63. The highest BCUT2D eigenvalue weighted by molar-refractivity contribution is 5.86. The summed E-state index contributed by atoms with van der Waals surface area (Å²) >= 11 is 0. The predicted octanol–water partition coefficient (Wildman–Crippen LogP) is 3.28. The number of rotatable bonds is 6. The summed E-state index contributed by atoms with van der Waals surface area (Å²) in [6.07, 6.45) is 0.813. The number of hydrogen-bond acceptors (Lipinski definition) is 4. The number of aromatic nitrogens is 4. The smallest absolute Gasteiger partial charge is 0.329 e. The zero-order valence-corrected chi connectivity index (χ0v) is 17.7. The maximum absolute atomic E-state index is 12.8. The summed E-state index contributed by atoms with van der Waals surface area (Å²) in [5.41, 5.74) is 2.10. The molecular formula is C25H23N5O2. The number of aryl methyl sites for hydroxylation is 1. The Labute approximate surface area is 184 Å². The van der Waals surface area contributed by atoms with Crippen molar-refractivity contribution in [1.29, 1.82) is 0 Å². The van der Waals surface area contributed by atoms with Crippen LogP contribution in [-0.4, -0.2) is 25.6 Å². The molecule has 2 heterocycles. The fourth-order valence-corrected chi connectivity index (χ4v) is 4.09. The van der Waals surface area contributed by atoms with Gasteiger partial charge in [-0.15, -0.1) is 0 Å². The third-order valence-electron chi connectivity index (χ3n) is 5.76. The van der Waals surface area contributed by atoms with E-state index in [-0.39, 0.29) is 0 Å². The predicted molar refractivity (Wildman–Crippen MR) is 127 cm³/mol. The first-order valence-corrected chi connectivity index (χ1v) is 10.6. The van der Waals surface area contributed by atoms with E-state index in [4.69, 9.17) is 0 Å². The Morgan fingerprint density at radius 1 is 0.938 bits per heavy atom. The van der Waals surface area contributed by atoms with Gasteiger partial charge in [0.05, 0.1) is 6.54 Å². The average Bonchev–Trinajstić information content (AvgIpc) is 3.17. The zero-order valence-electron chi connectivity index (χ0n) is 17.7. The molecule has 0 aliphatic carbocycles. The minimum atomic E-state index is -0.479. The quantitative estimate of drug-likeness (QED) is 0.437. The van der Waals surface area contributed by atoms with E-state index in [1.54, 1.807) is 7.05 Å². The lowest BCUT2D eigenvalue weighted by molar-refractivity contribution is 0.808. The lowest BCUT2D eigenvalue weighted by Gasteiger charge is -2.12. The van der Waals surface area contributed by atoms with Gasteiger partial charge in [0.2, 0.25) is 5.95 Å². The molecule has 0 saturated carbocycles. The number of hydrogen-bond donors (Lipinski definition) is 2. The van der Waals surface area contributed by atoms with E-state index in [0.29, 0.717) is 30.2 Å². The van der Waals surface area contributed by atoms with Crippen molar-refractivity contribution >= 4 is 27.9 Å². The molecule has 2 aromatic heterocycles. The van der Waals surface area contributed by atoms with Crippen molar-refractivity contribution in [1.82, 2.24) is 19.1 Å². The summed E-state index contributed by atoms with van der Waals surface area (Å²) in [6.45, 7) is 1.10. The molecule has 5 rings (SSSR count). The van der Waals surface area contributed by atoms with Gasteiger partial charge in [0.25, 0.3) is 5.56 Å². The number of aromatic amines is 1. The van der Waals surface area contributed by atoms with Crippen molar-refractivity contribution in [3.05, 3.63) is 105 Å². The van der Waals surface area contributed by atoms with Crippen molar-refractivity contribution in [2.45, 2.75) is 13.0 Å². The van der Waals surface area contributed by atoms with Gasteiger partial charge in [-0.2, -0.15) is 4.98 Å². The first-order chi connectivity index (χ1) is 15.6. The largest absolute Gasteiger partial charge is 0.355 e. The maximum atomic E-state index is 12.8. The number of nitrogens with one attached hydrogen (secondary N) is 2. The van der Waals surface area contributed by atoms with Gasteiger partial charge in [0.15, 0.2) is 11.2 Å². The topological polar surface area (TPSA) is 84.7 Å². The summed E-state index contributed by atoms with van der Waals surface area (Å²) < 4.78 is 3.24. The summed E-state index contributed by atoms with van der Waals surface area (Å²) in [7, 11) is 1.61. The van der Waals surface area contributed by atoms with Gasteiger partial charge in [0.1, 0.15) is 0 Å². The Kier molecular flexibility index (Phi) is 5.07. The van der Waals surface area contributed by atoms with Crippen LogP contribution in [0.15, 0.2) is 82.4 Å². The monoisotopic (exact) mass is 425 g/mol. The van der Waals surface area contributed by atoms with Crippen molar-refractivity contribution in [3.63, 3.8) is 0 Å². The number of nitrogens with zero attached hydrogens (tertiary/aromatic N) is 3. The number of benzene rings is 3. The highest BCUT2D eigenvalue weighted by Gasteiger charge is 2.18. The average molecular weight is 425 g/mol. The minimum Gasteiger partial charge on any atom is -0.355 e. The summed E-state index contributed by atoms with van der Waals surface area (Å²) in [6, 6.07) is 24.5. The molecule has 0 unspecified atom stereocenters. The van der Waals surface area contributed by atoms with Crippen LogP contribution in [0.25, 0.3) is 21.9 Å². The molecule has 5 aromatic rings. The van der Waals surface area contributed by atoms with E-state index in [9.17, 15) is 9.59 Å². The number of H-pyrrole nitrogens is 1. The van der Waals surface area contributed by atoms with Gasteiger partial charge in [-0.05, 0) is 28.3 Å². The van der Waals surface area contributed by atoms with Gasteiger partial charge in [0, 0.05) is 13.6 Å². The standard InChI is InChI=1S/C25H23N5O2/c1-29-22-21(23(31)28-25(29)32)30(16-19-12-7-11-18-10-5-6-13-20(18)19)24(27-22)26-15-14-17-8-3-2-4-9-17/h2-13H,14-16H2,1H3,(H,26,27)(H,28,31,32). The Bertz CT molecular complexity index is 1520. The van der Waals surface area contributed by atoms with E-state index < -0.39 is 11.2 Å². The highest BCUT2D eigenvalue weighted by Crippen LogP contribution is 2.23. The molecule has 0 bridgehead atoms. The van der Waals surface area contributed by atoms with Crippen LogP contribution in [0, 0.1) is 0 Å². The second-order valence-corrected chi connectivity index (χ2v) is 7.81. The van der Waals surface area contributed by atoms with Crippen LogP contribution < -0.4 is 16.6 Å². The molecule has 2 N–H and O–H groups in total. The highest BCUT2D eigenvalue weighted by atomic mass is 16.2. The normalized spacial score (nSPS) is 11.3. The van der Waals surface area contributed by atoms with Gasteiger partial charge >= 0.3 is 5.69 Å². The van der Waals surface area contributed by atoms with Gasteiger partial charge in [-0.1, -0.05) is 72.8 Å². The third kappa shape index (κ3) is 3.58. The molecule has 0 radical (unpaired) electrons. The molecule has 0 amide bonds. The molecule has 0 fully saturated rings. The van der Waals surface area contributed by atoms with E-state index >= 15 is 0 Å². The molecule has 0 aliphatic heterocycles. The van der Waals surface area contributed by atoms with Crippen LogP contribution in [0.1, 0.15) is 11.1 Å². The molecule has 160 valence electrons. The van der Waals surface area contributed by atoms with E-state index in [1.807, 2.05) is 41.0 Å². The van der Waals surface area contributed by atoms with Crippen LogP contribution in [0.3, 0.4) is 0 Å². The molecule has 0 spiro atoms. The second-order valence-electron chi connectivity index (χ2n) is 7.81. The minimum absolute atomic E-state index is 0.362. The third-order valence-corrected chi connectivity index (χ3v) is 5.76. The molecule has 0 saturated heterocycles. The molecule has 7 heteroatoms. The molecule has 7 nitrogen and oxygen atoms in total. The number of anilines is 1. The molecule has 3 aromatic carbocycles. The molecule has 0 aliphatic rings. The van der Waals surface area contributed by atoms with Crippen LogP contribution in [-0.2, 0) is 20.0 Å². The maximum Gasteiger partial charge on any atom is 0.329 e. The fraction of sp³-hybridized carbons (Fsp3) is 0.160. The Morgan fingerprint density at radius 3 is 2.53 bits per heavy atom. The summed E-state index contributed by atoms with van der Waals surface area (Å²) in [4.78, 5) is 32.0. The Morgan fingerprint density at radius 2 is 1.69 bits per heavy atom. The first kappa shape index (κ1) is 19.8. The van der Waals surface area contributed by atoms with Gasteiger partial charge < -0.3 is 5.32 Å². The number of fused-ring (bicyclic) bond motifs is 2. The van der Waals surface area contributed by atoms with Crippen LogP contribution in [0.5, 0.6) is 0 Å². The van der Waals surface area contributed by atoms with Gasteiger partial charge in [-0.25, -0.2) is 4.79 Å². The van der Waals surface area contributed by atoms with Crippen LogP contribution in [0.4, 0.5) is 5.95 Å². The summed E-state index contributed by atoms with van der Waals surface area (Å²) in [5.74, 6) is 0.565. The first-order valence-electron chi connectivity index (χ1n) is 10.6. The molecular weight excluding hydrogens is 402 g/mol. The van der Waals surface area contributed by atoms with Gasteiger partial charge in [-0.3, -0.25) is 18.9 Å². The Hall–Kier alpha value is -4.13. The van der Waals surface area contributed by atoms with E-state index in [2.05, 4.69) is 51.7 Å². The lowest BCUT2D eigenvalue weighted by Crippen LogP contribution is -2.29. The molecule has 32 heavy (non-hydrogen) atoms. The Balaban J connectivity index is 1.59. The molecule has 0 atom stereocenters. The second kappa shape index (κ2) is 8.19. The lowest BCUT2D eigenvalue weighted by atomic mass is 10.0. The van der Waals surface area contributed by atoms with Crippen molar-refractivity contribution < 1.29 is 0 Å². The SMILES string of the molecule is Cn1c(=O)[nH]c(=O)c2c1nc(NCCc1ccccc1)n2Cc1cccc2ccccc12. The van der Waals surface area contributed by atoms with Crippen LogP contribution >= 0.6 is 0 Å². The van der Waals surface area contributed by atoms with Crippen molar-refractivity contribution in [2.75, 3.05) is 11.9 Å². The van der Waals surface area contributed by atoms with Crippen LogP contribution in [0.2, 0.25) is 0 Å². The number of imidazole rings is 1. The van der Waals surface area contributed by atoms with E-state index in [0.717, 1.165) is 22.8 Å². The van der Waals surface area contributed by atoms with E-state index in [1.165, 1.54) is 10.1 Å².